The van der Waals surface area contributed by atoms with Gasteiger partial charge in [-0.25, -0.2) is 17.9 Å². The predicted octanol–water partition coefficient (Wildman–Crippen LogP) is 3.48. The third kappa shape index (κ3) is 3.88. The number of nitrogens with one attached hydrogen (secondary N) is 2. The summed E-state index contributed by atoms with van der Waals surface area (Å²) in [5.41, 5.74) is 3.07. The molecule has 166 valence electrons. The molecule has 0 spiro atoms. The lowest BCUT2D eigenvalue weighted by Gasteiger charge is -2.35. The molecule has 0 bridgehead atoms. The average Bonchev–Trinajstić information content (AvgIpc) is 3.22. The van der Waals surface area contributed by atoms with Crippen molar-refractivity contribution in [2.24, 2.45) is 5.92 Å². The summed E-state index contributed by atoms with van der Waals surface area (Å²) in [4.78, 5) is 13.3. The molecule has 7 nitrogen and oxygen atoms in total. The molecular weight excluding hydrogens is 436 g/mol. The molecule has 5 rings (SSSR count). The molecule has 1 aromatic heterocycles. The van der Waals surface area contributed by atoms with E-state index in [1.165, 1.54) is 24.5 Å². The lowest BCUT2D eigenvalue weighted by Crippen LogP contribution is -2.45. The molecule has 9 heteroatoms. The van der Waals surface area contributed by atoms with Crippen LogP contribution in [0.3, 0.4) is 0 Å². The number of carbonyl (C=O) groups is 1. The standard InChI is InChI=1S/C22H26N2O5S2/c1-13(14-5-6-14)16-8-7-15-3-2-4-17(15)20(16)23-21(25)24-31(27,28)19-10-9-18(30-19)22(26)11-29-12-22/h7-10,13-14,26H,2-6,11-12H2,1H3,(H2,23,24,25). The smallest absolute Gasteiger partial charge is 0.333 e. The monoisotopic (exact) mass is 462 g/mol. The average molecular weight is 463 g/mol. The molecular formula is C22H26N2O5S2. The maximum atomic E-state index is 12.8. The molecule has 2 aromatic rings. The van der Waals surface area contributed by atoms with Gasteiger partial charge >= 0.3 is 6.03 Å². The molecule has 31 heavy (non-hydrogen) atoms. The highest BCUT2D eigenvalue weighted by molar-refractivity contribution is 7.92. The minimum Gasteiger partial charge on any atom is -0.379 e. The fraction of sp³-hybridized carbons (Fsp3) is 0.500. The first-order valence-corrected chi connectivity index (χ1v) is 13.0. The van der Waals surface area contributed by atoms with Crippen LogP contribution in [0.25, 0.3) is 0 Å². The summed E-state index contributed by atoms with van der Waals surface area (Å²) in [5, 5.41) is 13.2. The highest BCUT2D eigenvalue weighted by Gasteiger charge is 2.40. The Hall–Kier alpha value is -1.94. The van der Waals surface area contributed by atoms with E-state index in [9.17, 15) is 18.3 Å². The number of hydrogen-bond donors (Lipinski definition) is 3. The Labute approximate surface area is 185 Å². The van der Waals surface area contributed by atoms with Gasteiger partial charge in [0.15, 0.2) is 0 Å². The molecule has 1 unspecified atom stereocenters. The highest BCUT2D eigenvalue weighted by atomic mass is 32.2. The predicted molar refractivity (Wildman–Crippen MR) is 118 cm³/mol. The summed E-state index contributed by atoms with van der Waals surface area (Å²) in [6, 6.07) is 6.46. The minimum atomic E-state index is -4.05. The molecule has 0 radical (unpaired) electrons. The van der Waals surface area contributed by atoms with E-state index in [0.29, 0.717) is 16.7 Å². The molecule has 2 aliphatic carbocycles. The molecule has 1 atom stereocenters. The fourth-order valence-corrected chi connectivity index (χ4v) is 6.80. The van der Waals surface area contributed by atoms with Crippen LogP contribution in [-0.2, 0) is 33.2 Å². The first-order valence-electron chi connectivity index (χ1n) is 10.7. The molecule has 2 amide bonds. The van der Waals surface area contributed by atoms with Gasteiger partial charge in [0.1, 0.15) is 9.81 Å². The van der Waals surface area contributed by atoms with Crippen LogP contribution in [0.1, 0.15) is 53.7 Å². The zero-order valence-electron chi connectivity index (χ0n) is 17.3. The Kier molecular flexibility index (Phi) is 5.12. The number of anilines is 1. The van der Waals surface area contributed by atoms with Crippen LogP contribution in [0, 0.1) is 5.92 Å². The quantitative estimate of drug-likeness (QED) is 0.610. The van der Waals surface area contributed by atoms with Crippen molar-refractivity contribution in [3.63, 3.8) is 0 Å². The first kappa shape index (κ1) is 20.9. The largest absolute Gasteiger partial charge is 0.379 e. The lowest BCUT2D eigenvalue weighted by molar-refractivity contribution is -0.182. The van der Waals surface area contributed by atoms with Gasteiger partial charge in [0.2, 0.25) is 0 Å². The van der Waals surface area contributed by atoms with E-state index in [4.69, 9.17) is 4.74 Å². The van der Waals surface area contributed by atoms with Crippen molar-refractivity contribution in [3.05, 3.63) is 45.8 Å². The van der Waals surface area contributed by atoms with Crippen molar-refractivity contribution < 1.29 is 23.1 Å². The highest BCUT2D eigenvalue weighted by Crippen LogP contribution is 2.46. The summed E-state index contributed by atoms with van der Waals surface area (Å²) in [6.45, 7) is 2.46. The summed E-state index contributed by atoms with van der Waals surface area (Å²) in [5.74, 6) is 0.945. The number of amides is 2. The molecule has 3 N–H and O–H groups in total. The third-order valence-corrected chi connectivity index (χ3v) is 9.69. The van der Waals surface area contributed by atoms with Crippen molar-refractivity contribution in [2.75, 3.05) is 18.5 Å². The lowest BCUT2D eigenvalue weighted by atomic mass is 9.91. The van der Waals surface area contributed by atoms with E-state index in [-0.39, 0.29) is 17.4 Å². The SMILES string of the molecule is CC(c1ccc2c(c1NC(=O)NS(=O)(=O)c1ccc(C3(O)COC3)s1)CCC2)C1CC1. The molecule has 2 fully saturated rings. The fourth-order valence-electron chi connectivity index (χ4n) is 4.53. The van der Waals surface area contributed by atoms with Gasteiger partial charge in [-0.3, -0.25) is 0 Å². The first-order chi connectivity index (χ1) is 14.8. The minimum absolute atomic E-state index is 0.0113. The number of thiophene rings is 1. The zero-order valence-corrected chi connectivity index (χ0v) is 18.9. The molecule has 1 aromatic carbocycles. The number of rotatable bonds is 6. The molecule has 1 saturated carbocycles. The number of urea groups is 1. The number of aryl methyl sites for hydroxylation is 1. The Balaban J connectivity index is 1.36. The Morgan fingerprint density at radius 3 is 2.68 bits per heavy atom. The Bertz CT molecular complexity index is 1130. The molecule has 3 aliphatic rings. The van der Waals surface area contributed by atoms with Gasteiger partial charge in [0.05, 0.1) is 13.2 Å². The van der Waals surface area contributed by atoms with E-state index < -0.39 is 21.7 Å². The van der Waals surface area contributed by atoms with Crippen molar-refractivity contribution in [3.8, 4) is 0 Å². The maximum absolute atomic E-state index is 12.8. The van der Waals surface area contributed by atoms with Gasteiger partial charge in [0.25, 0.3) is 10.0 Å². The topological polar surface area (TPSA) is 105 Å². The van der Waals surface area contributed by atoms with Crippen LogP contribution < -0.4 is 10.0 Å². The van der Waals surface area contributed by atoms with E-state index in [1.807, 2.05) is 0 Å². The van der Waals surface area contributed by atoms with E-state index in [0.717, 1.165) is 47.4 Å². The van der Waals surface area contributed by atoms with E-state index >= 15 is 0 Å². The summed E-state index contributed by atoms with van der Waals surface area (Å²) in [6.07, 6.45) is 5.28. The van der Waals surface area contributed by atoms with Crippen LogP contribution >= 0.6 is 11.3 Å². The van der Waals surface area contributed by atoms with Gasteiger partial charge in [-0.2, -0.15) is 0 Å². The molecule has 1 saturated heterocycles. The second-order valence-electron chi connectivity index (χ2n) is 8.85. The van der Waals surface area contributed by atoms with Gasteiger partial charge in [-0.15, -0.1) is 11.3 Å². The third-order valence-electron chi connectivity index (χ3n) is 6.59. The normalized spacial score (nSPS) is 20.6. The second-order valence-corrected chi connectivity index (χ2v) is 11.8. The maximum Gasteiger partial charge on any atom is 0.333 e. The van der Waals surface area contributed by atoms with Crippen molar-refractivity contribution in [2.45, 2.75) is 54.8 Å². The summed E-state index contributed by atoms with van der Waals surface area (Å²) in [7, 11) is -4.05. The number of hydrogen-bond acceptors (Lipinski definition) is 6. The van der Waals surface area contributed by atoms with Crippen molar-refractivity contribution in [1.29, 1.82) is 0 Å². The van der Waals surface area contributed by atoms with Gasteiger partial charge < -0.3 is 15.2 Å². The number of sulfonamides is 1. The zero-order chi connectivity index (χ0) is 21.8. The van der Waals surface area contributed by atoms with Crippen molar-refractivity contribution in [1.82, 2.24) is 4.72 Å². The van der Waals surface area contributed by atoms with Crippen LogP contribution in [0.5, 0.6) is 0 Å². The number of ether oxygens (including phenoxy) is 1. The second kappa shape index (κ2) is 7.58. The summed E-state index contributed by atoms with van der Waals surface area (Å²) < 4.78 is 32.7. The molecule has 1 aliphatic heterocycles. The van der Waals surface area contributed by atoms with Crippen LogP contribution in [-0.4, -0.2) is 32.8 Å². The summed E-state index contributed by atoms with van der Waals surface area (Å²) >= 11 is 0.951. The van der Waals surface area contributed by atoms with Gasteiger partial charge in [0, 0.05) is 10.6 Å². The van der Waals surface area contributed by atoms with Gasteiger partial charge in [-0.05, 0) is 72.8 Å². The van der Waals surface area contributed by atoms with Crippen LogP contribution in [0.2, 0.25) is 0 Å². The van der Waals surface area contributed by atoms with Crippen LogP contribution in [0.4, 0.5) is 10.5 Å². The Morgan fingerprint density at radius 1 is 1.23 bits per heavy atom. The van der Waals surface area contributed by atoms with Gasteiger partial charge in [-0.1, -0.05) is 19.1 Å². The van der Waals surface area contributed by atoms with Crippen molar-refractivity contribution >= 4 is 33.1 Å². The Morgan fingerprint density at radius 2 is 2.00 bits per heavy atom. The van der Waals surface area contributed by atoms with E-state index in [1.54, 1.807) is 6.07 Å². The van der Waals surface area contributed by atoms with E-state index in [2.05, 4.69) is 29.1 Å². The molecule has 2 heterocycles. The number of benzene rings is 1. The van der Waals surface area contributed by atoms with Crippen LogP contribution in [0.15, 0.2) is 28.5 Å². The number of carbonyl (C=O) groups excluding carboxylic acids is 1. The number of fused-ring (bicyclic) bond motifs is 1. The number of aliphatic hydroxyl groups is 1.